The van der Waals surface area contributed by atoms with Crippen LogP contribution in [-0.4, -0.2) is 61.7 Å². The van der Waals surface area contributed by atoms with Gasteiger partial charge >= 0.3 is 0 Å². The van der Waals surface area contributed by atoms with Crippen molar-refractivity contribution in [3.05, 3.63) is 35.9 Å². The van der Waals surface area contributed by atoms with Gasteiger partial charge in [0.25, 0.3) is 0 Å². The number of aliphatic imine (C=N–C) groups is 1. The Labute approximate surface area is 168 Å². The molecule has 28 heavy (non-hydrogen) atoms. The number of likely N-dealkylation sites (tertiary alicyclic amines) is 1. The van der Waals surface area contributed by atoms with Crippen LogP contribution in [0.1, 0.15) is 31.7 Å². The van der Waals surface area contributed by atoms with E-state index in [-0.39, 0.29) is 0 Å². The molecule has 1 aromatic heterocycles. The third-order valence-corrected chi connectivity index (χ3v) is 5.90. The van der Waals surface area contributed by atoms with E-state index < -0.39 is 0 Å². The molecule has 0 bridgehead atoms. The summed E-state index contributed by atoms with van der Waals surface area (Å²) in [5.41, 5.74) is 2.26. The second-order valence-corrected chi connectivity index (χ2v) is 8.33. The van der Waals surface area contributed by atoms with Gasteiger partial charge in [0.15, 0.2) is 5.96 Å². The molecule has 150 valence electrons. The standard InChI is InChI=1S/C22H32N6/c1-15-11-17(14-28(15)18-9-10-18)25-22(23-2)24-13-16-12-21(27(3)4)26-20-8-6-5-7-19(16)20/h5-8,12,15,17-18H,9-11,13-14H2,1-4H3,(H2,23,24,25). The van der Waals surface area contributed by atoms with E-state index in [4.69, 9.17) is 4.98 Å². The molecule has 1 aliphatic heterocycles. The molecule has 2 heterocycles. The van der Waals surface area contributed by atoms with Crippen molar-refractivity contribution >= 4 is 22.7 Å². The number of benzene rings is 1. The van der Waals surface area contributed by atoms with Crippen LogP contribution in [0.5, 0.6) is 0 Å². The molecule has 0 amide bonds. The average Bonchev–Trinajstić information content (AvgIpc) is 3.47. The van der Waals surface area contributed by atoms with Gasteiger partial charge in [-0.25, -0.2) is 4.98 Å². The maximum Gasteiger partial charge on any atom is 0.191 e. The predicted molar refractivity (Wildman–Crippen MR) is 117 cm³/mol. The van der Waals surface area contributed by atoms with Gasteiger partial charge in [0.1, 0.15) is 5.82 Å². The number of rotatable bonds is 5. The molecule has 2 unspecified atom stereocenters. The first-order valence-corrected chi connectivity index (χ1v) is 10.3. The van der Waals surface area contributed by atoms with Gasteiger partial charge in [0, 0.05) is 57.7 Å². The summed E-state index contributed by atoms with van der Waals surface area (Å²) >= 11 is 0. The number of nitrogens with one attached hydrogen (secondary N) is 2. The quantitative estimate of drug-likeness (QED) is 0.617. The highest BCUT2D eigenvalue weighted by atomic mass is 15.3. The minimum Gasteiger partial charge on any atom is -0.363 e. The summed E-state index contributed by atoms with van der Waals surface area (Å²) in [6, 6.07) is 12.4. The molecule has 2 aromatic rings. The first kappa shape index (κ1) is 19.0. The molecule has 2 fully saturated rings. The summed E-state index contributed by atoms with van der Waals surface area (Å²) in [6.45, 7) is 4.19. The molecule has 6 nitrogen and oxygen atoms in total. The SMILES string of the molecule is CN=C(NCc1cc(N(C)C)nc2ccccc12)NC1CC(C)N(C2CC2)C1. The number of aromatic nitrogens is 1. The van der Waals surface area contributed by atoms with Crippen molar-refractivity contribution in [1.29, 1.82) is 0 Å². The van der Waals surface area contributed by atoms with Crippen LogP contribution >= 0.6 is 0 Å². The van der Waals surface area contributed by atoms with Crippen LogP contribution in [0.25, 0.3) is 10.9 Å². The van der Waals surface area contributed by atoms with Crippen LogP contribution in [0, 0.1) is 0 Å². The Morgan fingerprint density at radius 2 is 2.07 bits per heavy atom. The zero-order chi connectivity index (χ0) is 19.7. The van der Waals surface area contributed by atoms with Crippen LogP contribution < -0.4 is 15.5 Å². The van der Waals surface area contributed by atoms with E-state index in [0.29, 0.717) is 12.1 Å². The summed E-state index contributed by atoms with van der Waals surface area (Å²) in [7, 11) is 5.91. The molecule has 2 atom stereocenters. The lowest BCUT2D eigenvalue weighted by molar-refractivity contribution is 0.256. The molecule has 0 radical (unpaired) electrons. The fraction of sp³-hybridized carbons (Fsp3) is 0.545. The molecule has 0 spiro atoms. The fourth-order valence-electron chi connectivity index (χ4n) is 4.25. The van der Waals surface area contributed by atoms with Gasteiger partial charge in [-0.15, -0.1) is 0 Å². The Morgan fingerprint density at radius 3 is 2.79 bits per heavy atom. The lowest BCUT2D eigenvalue weighted by atomic mass is 10.1. The van der Waals surface area contributed by atoms with E-state index in [2.05, 4.69) is 56.6 Å². The van der Waals surface area contributed by atoms with Crippen LogP contribution in [-0.2, 0) is 6.54 Å². The molecular weight excluding hydrogens is 348 g/mol. The lowest BCUT2D eigenvalue weighted by Crippen LogP contribution is -2.44. The molecule has 1 saturated heterocycles. The van der Waals surface area contributed by atoms with Crippen LogP contribution in [0.4, 0.5) is 5.82 Å². The van der Waals surface area contributed by atoms with Gasteiger partial charge in [-0.05, 0) is 43.9 Å². The Kier molecular flexibility index (Phi) is 5.40. The van der Waals surface area contributed by atoms with E-state index in [0.717, 1.165) is 36.4 Å². The van der Waals surface area contributed by atoms with Crippen molar-refractivity contribution in [2.24, 2.45) is 4.99 Å². The summed E-state index contributed by atoms with van der Waals surface area (Å²) in [6.07, 6.45) is 3.92. The second-order valence-electron chi connectivity index (χ2n) is 8.33. The monoisotopic (exact) mass is 380 g/mol. The highest BCUT2D eigenvalue weighted by Gasteiger charge is 2.38. The molecule has 4 rings (SSSR count). The number of hydrogen-bond acceptors (Lipinski definition) is 4. The van der Waals surface area contributed by atoms with Gasteiger partial charge in [-0.2, -0.15) is 0 Å². The van der Waals surface area contributed by atoms with E-state index in [1.54, 1.807) is 0 Å². The van der Waals surface area contributed by atoms with Crippen molar-refractivity contribution in [2.75, 3.05) is 32.6 Å². The topological polar surface area (TPSA) is 55.8 Å². The number of pyridine rings is 1. The average molecular weight is 381 g/mol. The minimum absolute atomic E-state index is 0.466. The van der Waals surface area contributed by atoms with Crippen LogP contribution in [0.3, 0.4) is 0 Å². The van der Waals surface area contributed by atoms with Crippen LogP contribution in [0.15, 0.2) is 35.3 Å². The highest BCUT2D eigenvalue weighted by molar-refractivity contribution is 5.85. The number of anilines is 1. The van der Waals surface area contributed by atoms with Crippen molar-refractivity contribution in [3.63, 3.8) is 0 Å². The fourth-order valence-corrected chi connectivity index (χ4v) is 4.25. The van der Waals surface area contributed by atoms with E-state index in [9.17, 15) is 0 Å². The number of guanidine groups is 1. The molecule has 2 N–H and O–H groups in total. The zero-order valence-corrected chi connectivity index (χ0v) is 17.4. The molecule has 1 aromatic carbocycles. The van der Waals surface area contributed by atoms with Gasteiger partial charge in [-0.1, -0.05) is 18.2 Å². The summed E-state index contributed by atoms with van der Waals surface area (Å²) in [5.74, 6) is 1.85. The first-order valence-electron chi connectivity index (χ1n) is 10.3. The van der Waals surface area contributed by atoms with Crippen LogP contribution in [0.2, 0.25) is 0 Å². The summed E-state index contributed by atoms with van der Waals surface area (Å²) in [5, 5.41) is 8.34. The number of nitrogens with zero attached hydrogens (tertiary/aromatic N) is 4. The first-order chi connectivity index (χ1) is 13.5. The highest BCUT2D eigenvalue weighted by Crippen LogP contribution is 2.33. The van der Waals surface area contributed by atoms with Crippen molar-refractivity contribution in [1.82, 2.24) is 20.5 Å². The van der Waals surface area contributed by atoms with Crippen molar-refractivity contribution in [3.8, 4) is 0 Å². The van der Waals surface area contributed by atoms with E-state index >= 15 is 0 Å². The zero-order valence-electron chi connectivity index (χ0n) is 17.4. The Bertz CT molecular complexity index is 857. The number of hydrogen-bond donors (Lipinski definition) is 2. The van der Waals surface area contributed by atoms with Gasteiger partial charge < -0.3 is 15.5 Å². The van der Waals surface area contributed by atoms with Gasteiger partial charge in [0.2, 0.25) is 0 Å². The molecule has 1 aliphatic carbocycles. The molecular formula is C22H32N6. The van der Waals surface area contributed by atoms with Gasteiger partial charge in [0.05, 0.1) is 5.52 Å². The largest absolute Gasteiger partial charge is 0.363 e. The molecule has 6 heteroatoms. The number of fused-ring (bicyclic) bond motifs is 1. The predicted octanol–water partition coefficient (Wildman–Crippen LogP) is 2.59. The second kappa shape index (κ2) is 7.95. The van der Waals surface area contributed by atoms with Gasteiger partial charge in [-0.3, -0.25) is 9.89 Å². The Hall–Kier alpha value is -2.34. The Morgan fingerprint density at radius 1 is 1.29 bits per heavy atom. The maximum absolute atomic E-state index is 4.75. The third kappa shape index (κ3) is 4.07. The maximum atomic E-state index is 4.75. The summed E-state index contributed by atoms with van der Waals surface area (Å²) in [4.78, 5) is 13.9. The van der Waals surface area contributed by atoms with E-state index in [1.807, 2.05) is 27.2 Å². The lowest BCUT2D eigenvalue weighted by Gasteiger charge is -2.20. The van der Waals surface area contributed by atoms with Crippen molar-refractivity contribution < 1.29 is 0 Å². The third-order valence-electron chi connectivity index (χ3n) is 5.90. The Balaban J connectivity index is 1.44. The summed E-state index contributed by atoms with van der Waals surface area (Å²) < 4.78 is 0. The normalized spacial score (nSPS) is 23.2. The number of para-hydroxylation sites is 1. The minimum atomic E-state index is 0.466. The van der Waals surface area contributed by atoms with Crippen molar-refractivity contribution in [2.45, 2.75) is 50.9 Å². The molecule has 2 aliphatic rings. The molecule has 1 saturated carbocycles. The van der Waals surface area contributed by atoms with E-state index in [1.165, 1.54) is 30.2 Å². The smallest absolute Gasteiger partial charge is 0.191 e.